The van der Waals surface area contributed by atoms with Crippen molar-refractivity contribution in [2.45, 2.75) is 46.0 Å². The van der Waals surface area contributed by atoms with Gasteiger partial charge in [-0.3, -0.25) is 0 Å². The normalized spacial score (nSPS) is 14.1. The van der Waals surface area contributed by atoms with Crippen molar-refractivity contribution < 1.29 is 8.42 Å². The lowest BCUT2D eigenvalue weighted by Crippen LogP contribution is -2.20. The molecule has 0 fully saturated rings. The number of alkyl halides is 1. The van der Waals surface area contributed by atoms with Gasteiger partial charge in [0.05, 0.1) is 11.5 Å². The molecule has 92 valence electrons. The van der Waals surface area contributed by atoms with Gasteiger partial charge in [-0.05, 0) is 18.8 Å². The molecule has 0 aromatic carbocycles. The quantitative estimate of drug-likeness (QED) is 0.483. The maximum Gasteiger partial charge on any atom is 0.150 e. The number of hydrogen-bond acceptors (Lipinski definition) is 2. The zero-order valence-electron chi connectivity index (χ0n) is 9.84. The first kappa shape index (κ1) is 15.4. The second kappa shape index (κ2) is 8.57. The molecular formula is C11H23BrO2S. The fraction of sp³-hybridized carbons (Fsp3) is 1.00. The predicted octanol–water partition coefficient (Wildman–Crippen LogP) is 3.40. The van der Waals surface area contributed by atoms with Crippen LogP contribution in [0.3, 0.4) is 0 Å². The second-order valence-corrected chi connectivity index (χ2v) is 7.01. The lowest BCUT2D eigenvalue weighted by Gasteiger charge is -2.12. The Morgan fingerprint density at radius 1 is 1.13 bits per heavy atom. The molecule has 15 heavy (non-hydrogen) atoms. The van der Waals surface area contributed by atoms with E-state index in [0.717, 1.165) is 37.4 Å². The van der Waals surface area contributed by atoms with Crippen LogP contribution in [-0.4, -0.2) is 25.3 Å². The van der Waals surface area contributed by atoms with E-state index in [1.807, 2.05) is 0 Å². The van der Waals surface area contributed by atoms with Crippen molar-refractivity contribution in [3.8, 4) is 0 Å². The molecule has 1 atom stereocenters. The smallest absolute Gasteiger partial charge is 0.150 e. The molecule has 4 heteroatoms. The molecule has 1 unspecified atom stereocenters. The van der Waals surface area contributed by atoms with Crippen molar-refractivity contribution in [2.75, 3.05) is 16.8 Å². The minimum atomic E-state index is -2.82. The molecule has 0 saturated heterocycles. The van der Waals surface area contributed by atoms with Gasteiger partial charge in [-0.25, -0.2) is 8.42 Å². The Morgan fingerprint density at radius 2 is 1.80 bits per heavy atom. The molecular weight excluding hydrogens is 276 g/mol. The minimum Gasteiger partial charge on any atom is -0.229 e. The molecule has 0 spiro atoms. The van der Waals surface area contributed by atoms with E-state index >= 15 is 0 Å². The highest BCUT2D eigenvalue weighted by atomic mass is 79.9. The summed E-state index contributed by atoms with van der Waals surface area (Å²) in [5.74, 6) is 1.02. The van der Waals surface area contributed by atoms with Crippen molar-refractivity contribution >= 4 is 25.8 Å². The highest BCUT2D eigenvalue weighted by Gasteiger charge is 2.17. The van der Waals surface area contributed by atoms with Gasteiger partial charge in [0, 0.05) is 5.33 Å². The Labute approximate surface area is 103 Å². The van der Waals surface area contributed by atoms with Crippen molar-refractivity contribution in [1.82, 2.24) is 0 Å². The summed E-state index contributed by atoms with van der Waals surface area (Å²) in [4.78, 5) is 0. The highest BCUT2D eigenvalue weighted by Crippen LogP contribution is 2.14. The summed E-state index contributed by atoms with van der Waals surface area (Å²) in [5.41, 5.74) is 0. The van der Waals surface area contributed by atoms with Gasteiger partial charge in [-0.2, -0.15) is 0 Å². The number of halogens is 1. The number of hydrogen-bond donors (Lipinski definition) is 0. The number of unbranched alkanes of at least 4 members (excludes halogenated alkanes) is 2. The van der Waals surface area contributed by atoms with E-state index in [2.05, 4.69) is 29.8 Å². The summed E-state index contributed by atoms with van der Waals surface area (Å²) in [6.07, 6.45) is 4.97. The Bertz CT molecular complexity index is 237. The summed E-state index contributed by atoms with van der Waals surface area (Å²) < 4.78 is 23.5. The third-order valence-corrected chi connectivity index (χ3v) is 5.27. The average molecular weight is 299 g/mol. The molecule has 0 radical (unpaired) electrons. The lowest BCUT2D eigenvalue weighted by molar-refractivity contribution is 0.549. The minimum absolute atomic E-state index is 0.293. The molecule has 2 nitrogen and oxygen atoms in total. The van der Waals surface area contributed by atoms with Gasteiger partial charge >= 0.3 is 0 Å². The third-order valence-electron chi connectivity index (χ3n) is 2.46. The van der Waals surface area contributed by atoms with Crippen LogP contribution in [0.5, 0.6) is 0 Å². The van der Waals surface area contributed by atoms with Crippen LogP contribution in [0.15, 0.2) is 0 Å². The fourth-order valence-corrected chi connectivity index (χ4v) is 4.30. The maximum absolute atomic E-state index is 11.7. The van der Waals surface area contributed by atoms with Crippen LogP contribution in [0.2, 0.25) is 0 Å². The first-order chi connectivity index (χ1) is 7.05. The van der Waals surface area contributed by atoms with E-state index < -0.39 is 9.84 Å². The van der Waals surface area contributed by atoms with Gasteiger partial charge in [0.2, 0.25) is 0 Å². The van der Waals surface area contributed by atoms with E-state index in [0.29, 0.717) is 17.4 Å². The average Bonchev–Trinajstić information content (AvgIpc) is 2.17. The van der Waals surface area contributed by atoms with Crippen LogP contribution in [0.1, 0.15) is 46.0 Å². The fourth-order valence-electron chi connectivity index (χ4n) is 1.63. The van der Waals surface area contributed by atoms with Gasteiger partial charge in [0.25, 0.3) is 0 Å². The topological polar surface area (TPSA) is 34.1 Å². The first-order valence-corrected chi connectivity index (χ1v) is 8.76. The molecule has 0 saturated carbocycles. The van der Waals surface area contributed by atoms with Gasteiger partial charge in [0.1, 0.15) is 0 Å². The van der Waals surface area contributed by atoms with Crippen LogP contribution in [-0.2, 0) is 9.84 Å². The molecule has 0 N–H and O–H groups in total. The van der Waals surface area contributed by atoms with Crippen LogP contribution >= 0.6 is 15.9 Å². The van der Waals surface area contributed by atoms with Crippen LogP contribution in [0, 0.1) is 5.92 Å². The van der Waals surface area contributed by atoms with Crippen LogP contribution < -0.4 is 0 Å². The predicted molar refractivity (Wildman–Crippen MR) is 70.4 cm³/mol. The molecule has 0 aliphatic heterocycles. The molecule has 0 aromatic rings. The van der Waals surface area contributed by atoms with Crippen molar-refractivity contribution in [2.24, 2.45) is 5.92 Å². The van der Waals surface area contributed by atoms with Crippen molar-refractivity contribution in [3.05, 3.63) is 0 Å². The molecule has 0 aliphatic rings. The first-order valence-electron chi connectivity index (χ1n) is 5.82. The second-order valence-electron chi connectivity index (χ2n) is 4.13. The summed E-state index contributed by atoms with van der Waals surface area (Å²) in [6.45, 7) is 4.18. The zero-order chi connectivity index (χ0) is 11.7. The van der Waals surface area contributed by atoms with E-state index in [1.165, 1.54) is 0 Å². The van der Waals surface area contributed by atoms with E-state index in [9.17, 15) is 8.42 Å². The SMILES string of the molecule is CCCCCS(=O)(=O)CC(CBr)CCC. The van der Waals surface area contributed by atoms with Crippen molar-refractivity contribution in [1.29, 1.82) is 0 Å². The lowest BCUT2D eigenvalue weighted by atomic mass is 10.1. The zero-order valence-corrected chi connectivity index (χ0v) is 12.2. The summed E-state index contributed by atoms with van der Waals surface area (Å²) in [7, 11) is -2.82. The molecule has 0 aromatic heterocycles. The Hall–Kier alpha value is 0.430. The van der Waals surface area contributed by atoms with Gasteiger partial charge < -0.3 is 0 Å². The molecule has 0 heterocycles. The third kappa shape index (κ3) is 8.26. The number of rotatable bonds is 9. The summed E-state index contributed by atoms with van der Waals surface area (Å²) in [6, 6.07) is 0. The largest absolute Gasteiger partial charge is 0.229 e. The molecule has 0 bridgehead atoms. The molecule has 0 aliphatic carbocycles. The Morgan fingerprint density at radius 3 is 2.27 bits per heavy atom. The Balaban J connectivity index is 3.99. The van der Waals surface area contributed by atoms with Crippen molar-refractivity contribution in [3.63, 3.8) is 0 Å². The van der Waals surface area contributed by atoms with Gasteiger partial charge in [-0.1, -0.05) is 49.0 Å². The van der Waals surface area contributed by atoms with Crippen LogP contribution in [0.25, 0.3) is 0 Å². The summed E-state index contributed by atoms with van der Waals surface area (Å²) >= 11 is 3.39. The monoisotopic (exact) mass is 298 g/mol. The van der Waals surface area contributed by atoms with E-state index in [1.54, 1.807) is 0 Å². The van der Waals surface area contributed by atoms with Crippen LogP contribution in [0.4, 0.5) is 0 Å². The highest BCUT2D eigenvalue weighted by molar-refractivity contribution is 9.09. The Kier molecular flexibility index (Phi) is 8.81. The molecule has 0 rings (SSSR count). The van der Waals surface area contributed by atoms with E-state index in [4.69, 9.17) is 0 Å². The van der Waals surface area contributed by atoms with Gasteiger partial charge in [0.15, 0.2) is 9.84 Å². The van der Waals surface area contributed by atoms with Gasteiger partial charge in [-0.15, -0.1) is 0 Å². The molecule has 0 amide bonds. The standard InChI is InChI=1S/C11H23BrO2S/c1-3-5-6-8-15(13,14)10-11(9-12)7-4-2/h11H,3-10H2,1-2H3. The van der Waals surface area contributed by atoms with E-state index in [-0.39, 0.29) is 0 Å². The summed E-state index contributed by atoms with van der Waals surface area (Å²) in [5, 5.41) is 0.799. The number of sulfone groups is 1. The maximum atomic E-state index is 11.7.